The number of halogens is 4. The fourth-order valence-corrected chi connectivity index (χ4v) is 1.69. The molecule has 0 atom stereocenters. The maximum Gasteiger partial charge on any atom is 0.355 e. The van der Waals surface area contributed by atoms with Crippen LogP contribution in [0.25, 0.3) is 0 Å². The fraction of sp³-hybridized carbons (Fsp3) is 0.143. The molecule has 1 aromatic heterocycles. The van der Waals surface area contributed by atoms with Gasteiger partial charge >= 0.3 is 5.97 Å². The number of hydrogen-bond donors (Lipinski definition) is 1. The SMILES string of the molecule is O=C(O)c1ncc(F)c(C(F)F)c1I. The highest BCUT2D eigenvalue weighted by atomic mass is 127. The lowest BCUT2D eigenvalue weighted by molar-refractivity contribution is 0.0688. The summed E-state index contributed by atoms with van der Waals surface area (Å²) < 4.78 is 37.0. The summed E-state index contributed by atoms with van der Waals surface area (Å²) in [6.07, 6.45) is -2.57. The van der Waals surface area contributed by atoms with Crippen LogP contribution in [-0.2, 0) is 0 Å². The van der Waals surface area contributed by atoms with E-state index in [1.54, 1.807) is 0 Å². The number of aromatic carboxylic acids is 1. The molecule has 0 unspecified atom stereocenters. The molecule has 0 spiro atoms. The van der Waals surface area contributed by atoms with Crippen LogP contribution < -0.4 is 0 Å². The molecule has 0 fully saturated rings. The summed E-state index contributed by atoms with van der Waals surface area (Å²) in [6.45, 7) is 0. The van der Waals surface area contributed by atoms with E-state index in [-0.39, 0.29) is 3.57 Å². The first-order chi connectivity index (χ1) is 6.45. The van der Waals surface area contributed by atoms with Crippen LogP contribution in [0.2, 0.25) is 0 Å². The van der Waals surface area contributed by atoms with Gasteiger partial charge in [0, 0.05) is 0 Å². The number of carboxylic acids is 1. The molecule has 1 aromatic rings. The van der Waals surface area contributed by atoms with E-state index in [4.69, 9.17) is 5.11 Å². The number of aromatic nitrogens is 1. The predicted molar refractivity (Wildman–Crippen MR) is 48.8 cm³/mol. The van der Waals surface area contributed by atoms with Crippen LogP contribution in [0.15, 0.2) is 6.20 Å². The minimum Gasteiger partial charge on any atom is -0.476 e. The van der Waals surface area contributed by atoms with Crippen molar-refractivity contribution in [1.29, 1.82) is 0 Å². The minimum absolute atomic E-state index is 0.370. The zero-order valence-electron chi connectivity index (χ0n) is 6.47. The van der Waals surface area contributed by atoms with Crippen molar-refractivity contribution in [3.8, 4) is 0 Å². The summed E-state index contributed by atoms with van der Waals surface area (Å²) in [5, 5.41) is 8.53. The van der Waals surface area contributed by atoms with Crippen LogP contribution >= 0.6 is 22.6 Å². The molecule has 1 N–H and O–H groups in total. The molecule has 7 heteroatoms. The standard InChI is InChI=1S/C7H3F3INO2/c8-2-1-12-5(7(13)14)4(11)3(2)6(9)10/h1,6H,(H,13,14). The molecule has 1 rings (SSSR count). The van der Waals surface area contributed by atoms with Crippen LogP contribution in [0.1, 0.15) is 22.5 Å². The number of carboxylic acid groups (broad SMARTS) is 1. The Balaban J connectivity index is 3.41. The summed E-state index contributed by atoms with van der Waals surface area (Å²) in [7, 11) is 0. The molecule has 1 heterocycles. The molecular formula is C7H3F3INO2. The Labute approximate surface area is 90.1 Å². The highest BCUT2D eigenvalue weighted by Gasteiger charge is 2.23. The normalized spacial score (nSPS) is 10.6. The van der Waals surface area contributed by atoms with E-state index in [0.29, 0.717) is 6.20 Å². The highest BCUT2D eigenvalue weighted by molar-refractivity contribution is 14.1. The molecule has 14 heavy (non-hydrogen) atoms. The van der Waals surface area contributed by atoms with Crippen LogP contribution in [0.5, 0.6) is 0 Å². The summed E-state index contributed by atoms with van der Waals surface area (Å²) >= 11 is 1.33. The van der Waals surface area contributed by atoms with Crippen LogP contribution in [0.3, 0.4) is 0 Å². The van der Waals surface area contributed by atoms with E-state index in [9.17, 15) is 18.0 Å². The largest absolute Gasteiger partial charge is 0.476 e. The quantitative estimate of drug-likeness (QED) is 0.853. The topological polar surface area (TPSA) is 50.2 Å². The number of alkyl halides is 2. The van der Waals surface area contributed by atoms with Gasteiger partial charge in [0.2, 0.25) is 0 Å². The van der Waals surface area contributed by atoms with Crippen LogP contribution in [0, 0.1) is 9.39 Å². The number of rotatable bonds is 2. The third-order valence-corrected chi connectivity index (χ3v) is 2.52. The van der Waals surface area contributed by atoms with Crippen molar-refractivity contribution in [2.45, 2.75) is 6.43 Å². The van der Waals surface area contributed by atoms with E-state index >= 15 is 0 Å². The van der Waals surface area contributed by atoms with Gasteiger partial charge in [-0.3, -0.25) is 0 Å². The maximum atomic E-state index is 12.8. The van der Waals surface area contributed by atoms with Crippen LogP contribution in [-0.4, -0.2) is 16.1 Å². The van der Waals surface area contributed by atoms with Gasteiger partial charge in [0.15, 0.2) is 11.5 Å². The zero-order chi connectivity index (χ0) is 10.9. The highest BCUT2D eigenvalue weighted by Crippen LogP contribution is 2.28. The fourth-order valence-electron chi connectivity index (χ4n) is 0.829. The molecule has 0 saturated carbocycles. The van der Waals surface area contributed by atoms with Gasteiger partial charge in [-0.05, 0) is 22.6 Å². The first kappa shape index (κ1) is 11.2. The number of nitrogens with zero attached hydrogens (tertiary/aromatic N) is 1. The molecule has 0 amide bonds. The van der Waals surface area contributed by atoms with Crippen molar-refractivity contribution < 1.29 is 23.1 Å². The lowest BCUT2D eigenvalue weighted by Gasteiger charge is -2.06. The summed E-state index contributed by atoms with van der Waals surface area (Å²) in [6, 6.07) is 0. The Morgan fingerprint density at radius 2 is 2.14 bits per heavy atom. The van der Waals surface area contributed by atoms with E-state index < -0.39 is 29.5 Å². The van der Waals surface area contributed by atoms with Gasteiger partial charge in [0.05, 0.1) is 15.3 Å². The van der Waals surface area contributed by atoms with Gasteiger partial charge in [-0.15, -0.1) is 0 Å². The van der Waals surface area contributed by atoms with Crippen molar-refractivity contribution in [2.24, 2.45) is 0 Å². The smallest absolute Gasteiger partial charge is 0.355 e. The Morgan fingerprint density at radius 3 is 2.57 bits per heavy atom. The van der Waals surface area contributed by atoms with Crippen molar-refractivity contribution in [3.05, 3.63) is 26.8 Å². The molecular weight excluding hydrogens is 314 g/mol. The average Bonchev–Trinajstić information content (AvgIpc) is 2.02. The van der Waals surface area contributed by atoms with Gasteiger partial charge in [-0.2, -0.15) is 0 Å². The van der Waals surface area contributed by atoms with Gasteiger partial charge in [-0.25, -0.2) is 22.9 Å². The lowest BCUT2D eigenvalue weighted by atomic mass is 10.2. The summed E-state index contributed by atoms with van der Waals surface area (Å²) in [4.78, 5) is 13.7. The van der Waals surface area contributed by atoms with E-state index in [2.05, 4.69) is 4.98 Å². The van der Waals surface area contributed by atoms with Crippen molar-refractivity contribution in [1.82, 2.24) is 4.98 Å². The second kappa shape index (κ2) is 4.11. The lowest BCUT2D eigenvalue weighted by Crippen LogP contribution is -2.08. The molecule has 3 nitrogen and oxygen atoms in total. The van der Waals surface area contributed by atoms with Gasteiger partial charge < -0.3 is 5.11 Å². The monoisotopic (exact) mass is 317 g/mol. The van der Waals surface area contributed by atoms with Crippen molar-refractivity contribution in [3.63, 3.8) is 0 Å². The van der Waals surface area contributed by atoms with Gasteiger partial charge in [-0.1, -0.05) is 0 Å². The third-order valence-electron chi connectivity index (χ3n) is 1.43. The van der Waals surface area contributed by atoms with E-state index in [1.165, 1.54) is 22.6 Å². The molecule has 0 aliphatic heterocycles. The molecule has 0 radical (unpaired) electrons. The molecule has 0 aliphatic rings. The zero-order valence-corrected chi connectivity index (χ0v) is 8.63. The first-order valence-corrected chi connectivity index (χ1v) is 4.38. The summed E-state index contributed by atoms with van der Waals surface area (Å²) in [5.41, 5.74) is -1.49. The number of carbonyl (C=O) groups is 1. The maximum absolute atomic E-state index is 12.8. The third kappa shape index (κ3) is 1.97. The van der Waals surface area contributed by atoms with E-state index in [1.807, 2.05) is 0 Å². The molecule has 0 bridgehead atoms. The van der Waals surface area contributed by atoms with Crippen molar-refractivity contribution >= 4 is 28.6 Å². The predicted octanol–water partition coefficient (Wildman–Crippen LogP) is 2.46. The van der Waals surface area contributed by atoms with Gasteiger partial charge in [0.1, 0.15) is 0 Å². The molecule has 0 aliphatic carbocycles. The summed E-state index contributed by atoms with van der Waals surface area (Å²) in [5.74, 6) is -2.66. The second-order valence-corrected chi connectivity index (χ2v) is 3.37. The minimum atomic E-state index is -3.05. The first-order valence-electron chi connectivity index (χ1n) is 3.30. The average molecular weight is 317 g/mol. The Morgan fingerprint density at radius 1 is 1.57 bits per heavy atom. The molecule has 0 aromatic carbocycles. The van der Waals surface area contributed by atoms with Gasteiger partial charge in [0.25, 0.3) is 6.43 Å². The van der Waals surface area contributed by atoms with E-state index in [0.717, 1.165) is 0 Å². The Kier molecular flexibility index (Phi) is 3.29. The number of pyridine rings is 1. The Bertz CT molecular complexity index is 383. The molecule has 76 valence electrons. The van der Waals surface area contributed by atoms with Crippen LogP contribution in [0.4, 0.5) is 13.2 Å². The molecule has 0 saturated heterocycles. The Hall–Kier alpha value is -0.860. The van der Waals surface area contributed by atoms with Crippen molar-refractivity contribution in [2.75, 3.05) is 0 Å². The second-order valence-electron chi connectivity index (χ2n) is 2.29. The number of hydrogen-bond acceptors (Lipinski definition) is 2.